The van der Waals surface area contributed by atoms with E-state index in [0.717, 1.165) is 31.6 Å². The molecule has 1 aromatic heterocycles. The second-order valence-corrected chi connectivity index (χ2v) is 5.48. The molecule has 0 unspecified atom stereocenters. The van der Waals surface area contributed by atoms with E-state index in [2.05, 4.69) is 17.2 Å². The van der Waals surface area contributed by atoms with Gasteiger partial charge < -0.3 is 10.4 Å². The van der Waals surface area contributed by atoms with Crippen LogP contribution < -0.4 is 5.32 Å². The van der Waals surface area contributed by atoms with Gasteiger partial charge in [0.15, 0.2) is 11.6 Å². The molecule has 20 heavy (non-hydrogen) atoms. The van der Waals surface area contributed by atoms with Crippen LogP contribution in [0.2, 0.25) is 0 Å². The van der Waals surface area contributed by atoms with Crippen molar-refractivity contribution >= 4 is 11.8 Å². The lowest BCUT2D eigenvalue weighted by Crippen LogP contribution is -2.27. The lowest BCUT2D eigenvalue weighted by Gasteiger charge is -2.29. The van der Waals surface area contributed by atoms with Crippen molar-refractivity contribution in [1.29, 1.82) is 0 Å². The molecule has 2 rings (SSSR count). The predicted molar refractivity (Wildman–Crippen MR) is 75.4 cm³/mol. The van der Waals surface area contributed by atoms with Crippen LogP contribution in [0.5, 0.6) is 0 Å². The molecular weight excluding hydrogens is 259 g/mol. The highest BCUT2D eigenvalue weighted by atomic mass is 19.1. The van der Waals surface area contributed by atoms with E-state index in [1.807, 2.05) is 0 Å². The van der Waals surface area contributed by atoms with E-state index in [9.17, 15) is 9.18 Å². The van der Waals surface area contributed by atoms with Crippen molar-refractivity contribution in [1.82, 2.24) is 4.98 Å². The van der Waals surface area contributed by atoms with E-state index < -0.39 is 11.8 Å². The highest BCUT2D eigenvalue weighted by molar-refractivity contribution is 5.88. The van der Waals surface area contributed by atoms with Crippen molar-refractivity contribution in [3.63, 3.8) is 0 Å². The molecule has 1 aliphatic carbocycles. The Balaban J connectivity index is 1.98. The normalized spacial score (nSPS) is 22.5. The fraction of sp³-hybridized carbons (Fsp3) is 0.600. The van der Waals surface area contributed by atoms with Gasteiger partial charge in [0, 0.05) is 12.2 Å². The fourth-order valence-electron chi connectivity index (χ4n) is 2.91. The molecule has 1 aromatic rings. The first kappa shape index (κ1) is 14.8. The number of rotatable bonds is 5. The van der Waals surface area contributed by atoms with Gasteiger partial charge in [0.05, 0.1) is 0 Å². The molecule has 0 atom stereocenters. The number of pyridine rings is 1. The van der Waals surface area contributed by atoms with Crippen LogP contribution in [0.15, 0.2) is 12.3 Å². The van der Waals surface area contributed by atoms with E-state index in [-0.39, 0.29) is 17.4 Å². The molecule has 0 spiro atoms. The standard InChI is InChI=1S/C15H21FN2O2/c1-2-3-10-4-6-11(7-5-10)18-14-13(16)12(15(19)20)8-9-17-14/h8-11H,2-7H2,1H3,(H,17,18)(H,19,20). The van der Waals surface area contributed by atoms with Crippen LogP contribution in [0.25, 0.3) is 0 Å². The number of hydrogen-bond donors (Lipinski definition) is 2. The molecule has 0 bridgehead atoms. The molecule has 2 N–H and O–H groups in total. The van der Waals surface area contributed by atoms with Crippen molar-refractivity contribution in [3.8, 4) is 0 Å². The highest BCUT2D eigenvalue weighted by Gasteiger charge is 2.23. The number of hydrogen-bond acceptors (Lipinski definition) is 3. The minimum Gasteiger partial charge on any atom is -0.478 e. The van der Waals surface area contributed by atoms with Crippen molar-refractivity contribution in [2.24, 2.45) is 5.92 Å². The first-order chi connectivity index (χ1) is 9.61. The lowest BCUT2D eigenvalue weighted by molar-refractivity contribution is 0.0692. The third-order valence-corrected chi connectivity index (χ3v) is 4.00. The van der Waals surface area contributed by atoms with Crippen LogP contribution >= 0.6 is 0 Å². The van der Waals surface area contributed by atoms with Crippen molar-refractivity contribution in [3.05, 3.63) is 23.6 Å². The number of carbonyl (C=O) groups is 1. The summed E-state index contributed by atoms with van der Waals surface area (Å²) in [6.07, 6.45) is 8.06. The Morgan fingerprint density at radius 2 is 2.15 bits per heavy atom. The zero-order valence-electron chi connectivity index (χ0n) is 11.7. The van der Waals surface area contributed by atoms with Gasteiger partial charge in [0.2, 0.25) is 0 Å². The number of nitrogens with one attached hydrogen (secondary N) is 1. The van der Waals surface area contributed by atoms with E-state index in [1.165, 1.54) is 25.1 Å². The van der Waals surface area contributed by atoms with Gasteiger partial charge in [-0.25, -0.2) is 14.2 Å². The van der Waals surface area contributed by atoms with Gasteiger partial charge >= 0.3 is 5.97 Å². The van der Waals surface area contributed by atoms with Crippen molar-refractivity contribution in [2.75, 3.05) is 5.32 Å². The maximum atomic E-state index is 14.0. The first-order valence-corrected chi connectivity index (χ1v) is 7.26. The quantitative estimate of drug-likeness (QED) is 0.863. The molecule has 0 aliphatic heterocycles. The van der Waals surface area contributed by atoms with Gasteiger partial charge in [0.1, 0.15) is 5.56 Å². The molecule has 4 nitrogen and oxygen atoms in total. The third kappa shape index (κ3) is 3.46. The van der Waals surface area contributed by atoms with Gasteiger partial charge in [-0.3, -0.25) is 0 Å². The predicted octanol–water partition coefficient (Wildman–Crippen LogP) is 3.69. The number of carboxylic acids is 1. The Bertz CT molecular complexity index is 471. The summed E-state index contributed by atoms with van der Waals surface area (Å²) in [4.78, 5) is 14.8. The number of carboxylic acid groups (broad SMARTS) is 1. The Labute approximate surface area is 118 Å². The van der Waals surface area contributed by atoms with Gasteiger partial charge in [0.25, 0.3) is 0 Å². The largest absolute Gasteiger partial charge is 0.478 e. The molecule has 0 aromatic carbocycles. The zero-order chi connectivity index (χ0) is 14.5. The molecule has 1 aliphatic rings. The Hall–Kier alpha value is -1.65. The smallest absolute Gasteiger partial charge is 0.338 e. The van der Waals surface area contributed by atoms with Gasteiger partial charge in [-0.2, -0.15) is 0 Å². The Kier molecular flexibility index (Phi) is 4.93. The van der Waals surface area contributed by atoms with E-state index in [4.69, 9.17) is 5.11 Å². The fourth-order valence-corrected chi connectivity index (χ4v) is 2.91. The number of halogens is 1. The van der Waals surface area contributed by atoms with Gasteiger partial charge in [-0.15, -0.1) is 0 Å². The lowest BCUT2D eigenvalue weighted by atomic mass is 9.83. The molecule has 110 valence electrons. The van der Waals surface area contributed by atoms with Crippen molar-refractivity contribution < 1.29 is 14.3 Å². The second kappa shape index (κ2) is 6.68. The molecule has 1 heterocycles. The van der Waals surface area contributed by atoms with Crippen LogP contribution in [0.1, 0.15) is 55.8 Å². The molecule has 0 saturated heterocycles. The topological polar surface area (TPSA) is 62.2 Å². The number of aromatic carboxylic acids is 1. The summed E-state index contributed by atoms with van der Waals surface area (Å²) in [5.41, 5.74) is -0.331. The average Bonchev–Trinajstić information content (AvgIpc) is 2.43. The average molecular weight is 280 g/mol. The molecule has 0 radical (unpaired) electrons. The summed E-state index contributed by atoms with van der Waals surface area (Å²) in [6, 6.07) is 1.37. The summed E-state index contributed by atoms with van der Waals surface area (Å²) in [5, 5.41) is 12.0. The highest BCUT2D eigenvalue weighted by Crippen LogP contribution is 2.29. The van der Waals surface area contributed by atoms with Crippen LogP contribution in [-0.2, 0) is 0 Å². The number of anilines is 1. The minimum absolute atomic E-state index is 0.0591. The van der Waals surface area contributed by atoms with Crippen LogP contribution in [-0.4, -0.2) is 22.1 Å². The number of nitrogens with zero attached hydrogens (tertiary/aromatic N) is 1. The van der Waals surface area contributed by atoms with Crippen LogP contribution in [0, 0.1) is 11.7 Å². The molecule has 1 fully saturated rings. The minimum atomic E-state index is -1.26. The Morgan fingerprint density at radius 3 is 2.75 bits per heavy atom. The maximum absolute atomic E-state index is 14.0. The summed E-state index contributed by atoms with van der Waals surface area (Å²) < 4.78 is 14.0. The SMILES string of the molecule is CCCC1CCC(Nc2nccc(C(=O)O)c2F)CC1. The van der Waals surface area contributed by atoms with Crippen LogP contribution in [0.4, 0.5) is 10.2 Å². The maximum Gasteiger partial charge on any atom is 0.338 e. The monoisotopic (exact) mass is 280 g/mol. The van der Waals surface area contributed by atoms with Gasteiger partial charge in [-0.1, -0.05) is 19.8 Å². The summed E-state index contributed by atoms with van der Waals surface area (Å²) >= 11 is 0. The molecule has 0 amide bonds. The van der Waals surface area contributed by atoms with Gasteiger partial charge in [-0.05, 0) is 37.7 Å². The third-order valence-electron chi connectivity index (χ3n) is 4.00. The molecular formula is C15H21FN2O2. The number of aromatic nitrogens is 1. The van der Waals surface area contributed by atoms with E-state index in [0.29, 0.717) is 0 Å². The summed E-state index contributed by atoms with van der Waals surface area (Å²) in [6.45, 7) is 2.20. The van der Waals surface area contributed by atoms with E-state index in [1.54, 1.807) is 0 Å². The van der Waals surface area contributed by atoms with Crippen LogP contribution in [0.3, 0.4) is 0 Å². The molecule has 1 saturated carbocycles. The van der Waals surface area contributed by atoms with E-state index >= 15 is 0 Å². The Morgan fingerprint density at radius 1 is 1.45 bits per heavy atom. The summed E-state index contributed by atoms with van der Waals surface area (Å²) in [7, 11) is 0. The summed E-state index contributed by atoms with van der Waals surface area (Å²) in [5.74, 6) is -1.19. The molecule has 5 heteroatoms. The second-order valence-electron chi connectivity index (χ2n) is 5.48. The first-order valence-electron chi connectivity index (χ1n) is 7.26. The van der Waals surface area contributed by atoms with Crippen molar-refractivity contribution in [2.45, 2.75) is 51.5 Å². The zero-order valence-corrected chi connectivity index (χ0v) is 11.7.